The molecule has 0 unspecified atom stereocenters. The summed E-state index contributed by atoms with van der Waals surface area (Å²) in [6.07, 6.45) is 0. The number of carboxylic acid groups (broad SMARTS) is 1. The van der Waals surface area contributed by atoms with E-state index in [0.717, 1.165) is 4.70 Å². The second kappa shape index (κ2) is 3.15. The van der Waals surface area contributed by atoms with Crippen LogP contribution in [0.4, 0.5) is 5.69 Å². The minimum atomic E-state index is -0.947. The molecule has 0 saturated heterocycles. The first-order valence-corrected chi connectivity index (χ1v) is 5.05. The van der Waals surface area contributed by atoms with Crippen molar-refractivity contribution in [2.24, 2.45) is 0 Å². The van der Waals surface area contributed by atoms with Gasteiger partial charge in [-0.05, 0) is 12.1 Å². The van der Waals surface area contributed by atoms with Crippen molar-refractivity contribution in [2.45, 2.75) is 0 Å². The van der Waals surface area contributed by atoms with Gasteiger partial charge in [0.2, 0.25) is 0 Å². The van der Waals surface area contributed by atoms with E-state index in [1.54, 1.807) is 17.5 Å². The van der Waals surface area contributed by atoms with Crippen LogP contribution in [-0.2, 0) is 0 Å². The quantitative estimate of drug-likeness (QED) is 0.737. The molecule has 0 atom stereocenters. The van der Waals surface area contributed by atoms with Gasteiger partial charge in [-0.1, -0.05) is 11.6 Å². The first-order chi connectivity index (χ1) is 6.59. The number of halogens is 1. The largest absolute Gasteiger partial charge is 0.478 e. The Kier molecular flexibility index (Phi) is 2.09. The summed E-state index contributed by atoms with van der Waals surface area (Å²) in [5, 5.41) is 11.5. The molecule has 0 aliphatic rings. The number of anilines is 1. The van der Waals surface area contributed by atoms with Crippen LogP contribution < -0.4 is 5.73 Å². The van der Waals surface area contributed by atoms with Crippen molar-refractivity contribution in [3.8, 4) is 0 Å². The van der Waals surface area contributed by atoms with Crippen LogP contribution in [0.5, 0.6) is 0 Å². The Morgan fingerprint density at radius 2 is 2.21 bits per heavy atom. The topological polar surface area (TPSA) is 63.3 Å². The second-order valence-corrected chi connectivity index (χ2v) is 4.14. The maximum Gasteiger partial charge on any atom is 0.337 e. The third kappa shape index (κ3) is 1.32. The Hall–Kier alpha value is -1.26. The van der Waals surface area contributed by atoms with Crippen molar-refractivity contribution in [1.29, 1.82) is 0 Å². The molecular weight excluding hydrogens is 222 g/mol. The van der Waals surface area contributed by atoms with Crippen molar-refractivity contribution in [1.82, 2.24) is 0 Å². The van der Waals surface area contributed by atoms with E-state index in [1.165, 1.54) is 11.3 Å². The molecule has 0 spiro atoms. The summed E-state index contributed by atoms with van der Waals surface area (Å²) in [6, 6.07) is 3.28. The van der Waals surface area contributed by atoms with Crippen LogP contribution in [0.3, 0.4) is 0 Å². The van der Waals surface area contributed by atoms with E-state index in [4.69, 9.17) is 22.4 Å². The zero-order chi connectivity index (χ0) is 10.3. The number of thiophene rings is 1. The van der Waals surface area contributed by atoms with Crippen LogP contribution in [-0.4, -0.2) is 11.1 Å². The smallest absolute Gasteiger partial charge is 0.337 e. The fourth-order valence-corrected chi connectivity index (χ4v) is 2.36. The third-order valence-electron chi connectivity index (χ3n) is 1.92. The molecule has 1 heterocycles. The van der Waals surface area contributed by atoms with Gasteiger partial charge in [0, 0.05) is 15.5 Å². The van der Waals surface area contributed by atoms with Crippen molar-refractivity contribution >= 4 is 44.7 Å². The predicted molar refractivity (Wildman–Crippen MR) is 58.2 cm³/mol. The molecule has 5 heteroatoms. The molecule has 0 aliphatic heterocycles. The summed E-state index contributed by atoms with van der Waals surface area (Å²) in [4.78, 5) is 10.8. The number of nitrogen functional groups attached to an aromatic ring is 1. The van der Waals surface area contributed by atoms with E-state index in [1.807, 2.05) is 0 Å². The number of carboxylic acids is 1. The van der Waals surface area contributed by atoms with Gasteiger partial charge in [0.05, 0.1) is 16.3 Å². The van der Waals surface area contributed by atoms with Crippen LogP contribution in [0.1, 0.15) is 10.4 Å². The fourth-order valence-electron chi connectivity index (χ4n) is 1.23. The second-order valence-electron chi connectivity index (χ2n) is 2.82. The Morgan fingerprint density at radius 3 is 2.86 bits per heavy atom. The van der Waals surface area contributed by atoms with Crippen LogP contribution in [0.15, 0.2) is 17.5 Å². The fraction of sp³-hybridized carbons (Fsp3) is 0. The first-order valence-electron chi connectivity index (χ1n) is 3.79. The van der Waals surface area contributed by atoms with Crippen LogP contribution >= 0.6 is 22.9 Å². The highest BCUT2D eigenvalue weighted by molar-refractivity contribution is 7.17. The van der Waals surface area contributed by atoms with E-state index >= 15 is 0 Å². The maximum atomic E-state index is 10.8. The van der Waals surface area contributed by atoms with E-state index in [-0.39, 0.29) is 5.56 Å². The van der Waals surface area contributed by atoms with E-state index < -0.39 is 5.97 Å². The molecule has 3 nitrogen and oxygen atoms in total. The maximum absolute atomic E-state index is 10.8. The number of nitrogens with two attached hydrogens (primary N) is 1. The third-order valence-corrected chi connectivity index (χ3v) is 3.20. The lowest BCUT2D eigenvalue weighted by molar-refractivity contribution is 0.0699. The summed E-state index contributed by atoms with van der Waals surface area (Å²) in [5.74, 6) is -0.947. The molecule has 3 N–H and O–H groups in total. The summed E-state index contributed by atoms with van der Waals surface area (Å²) in [7, 11) is 0. The molecule has 0 bridgehead atoms. The Labute approximate surface area is 88.7 Å². The molecule has 1 aromatic carbocycles. The molecule has 0 aliphatic carbocycles. The first kappa shape index (κ1) is 9.30. The predicted octanol–water partition coefficient (Wildman–Crippen LogP) is 2.84. The lowest BCUT2D eigenvalue weighted by Gasteiger charge is -1.98. The molecule has 72 valence electrons. The Balaban J connectivity index is 2.80. The standard InChI is InChI=1S/C9H6ClNO2S/c10-6-1-4-5(9(12)13)3-14-8(4)2-7(6)11/h1-3H,11H2,(H,12,13). The van der Waals surface area contributed by atoms with Crippen LogP contribution in [0.2, 0.25) is 5.02 Å². The van der Waals surface area contributed by atoms with Gasteiger partial charge in [0.25, 0.3) is 0 Å². The monoisotopic (exact) mass is 227 g/mol. The molecule has 0 fully saturated rings. The number of rotatable bonds is 1. The average Bonchev–Trinajstić information content (AvgIpc) is 2.48. The van der Waals surface area contributed by atoms with Crippen LogP contribution in [0, 0.1) is 0 Å². The molecule has 2 rings (SSSR count). The number of aromatic carboxylic acids is 1. The lowest BCUT2D eigenvalue weighted by Crippen LogP contribution is -1.94. The normalized spacial score (nSPS) is 10.6. The zero-order valence-corrected chi connectivity index (χ0v) is 8.52. The molecule has 0 saturated carbocycles. The van der Waals surface area contributed by atoms with Crippen molar-refractivity contribution in [3.05, 3.63) is 28.1 Å². The molecule has 14 heavy (non-hydrogen) atoms. The Bertz CT molecular complexity index is 521. The van der Waals surface area contributed by atoms with Gasteiger partial charge >= 0.3 is 5.97 Å². The number of hydrogen-bond donors (Lipinski definition) is 2. The number of hydrogen-bond acceptors (Lipinski definition) is 3. The molecule has 1 aromatic heterocycles. The van der Waals surface area contributed by atoms with Gasteiger partial charge in [-0.2, -0.15) is 0 Å². The summed E-state index contributed by atoms with van der Waals surface area (Å²) >= 11 is 7.15. The summed E-state index contributed by atoms with van der Waals surface area (Å²) < 4.78 is 0.837. The van der Waals surface area contributed by atoms with Crippen LogP contribution in [0.25, 0.3) is 10.1 Å². The Morgan fingerprint density at radius 1 is 1.50 bits per heavy atom. The van der Waals surface area contributed by atoms with E-state index in [2.05, 4.69) is 0 Å². The summed E-state index contributed by atoms with van der Waals surface area (Å²) in [6.45, 7) is 0. The van der Waals surface area contributed by atoms with Gasteiger partial charge in [-0.25, -0.2) is 4.79 Å². The highest BCUT2D eigenvalue weighted by Crippen LogP contribution is 2.32. The van der Waals surface area contributed by atoms with Gasteiger partial charge < -0.3 is 10.8 Å². The SMILES string of the molecule is Nc1cc2scc(C(=O)O)c2cc1Cl. The number of carbonyl (C=O) groups is 1. The van der Waals surface area contributed by atoms with Gasteiger partial charge in [0.15, 0.2) is 0 Å². The van der Waals surface area contributed by atoms with E-state index in [9.17, 15) is 4.79 Å². The summed E-state index contributed by atoms with van der Waals surface area (Å²) in [5.41, 5.74) is 6.34. The van der Waals surface area contributed by atoms with Crippen molar-refractivity contribution in [2.75, 3.05) is 5.73 Å². The van der Waals surface area contributed by atoms with Gasteiger partial charge in [-0.3, -0.25) is 0 Å². The van der Waals surface area contributed by atoms with Gasteiger partial charge in [0.1, 0.15) is 0 Å². The lowest BCUT2D eigenvalue weighted by atomic mass is 10.1. The highest BCUT2D eigenvalue weighted by atomic mass is 35.5. The van der Waals surface area contributed by atoms with E-state index in [0.29, 0.717) is 16.1 Å². The zero-order valence-electron chi connectivity index (χ0n) is 6.95. The highest BCUT2D eigenvalue weighted by Gasteiger charge is 2.12. The number of benzene rings is 1. The van der Waals surface area contributed by atoms with Crippen molar-refractivity contribution < 1.29 is 9.90 Å². The number of fused-ring (bicyclic) bond motifs is 1. The molecule has 0 radical (unpaired) electrons. The molecular formula is C9H6ClNO2S. The average molecular weight is 228 g/mol. The minimum Gasteiger partial charge on any atom is -0.478 e. The minimum absolute atomic E-state index is 0.270. The molecule has 2 aromatic rings. The van der Waals surface area contributed by atoms with Crippen molar-refractivity contribution in [3.63, 3.8) is 0 Å². The molecule has 0 amide bonds. The van der Waals surface area contributed by atoms with Gasteiger partial charge in [-0.15, -0.1) is 11.3 Å².